The third-order valence-electron chi connectivity index (χ3n) is 1.73. The van der Waals surface area contributed by atoms with Crippen LogP contribution in [0.4, 0.5) is 4.39 Å². The monoisotopic (exact) mass is 243 g/mol. The van der Waals surface area contributed by atoms with Crippen LogP contribution in [0.5, 0.6) is 5.75 Å². The molecule has 1 atom stereocenters. The van der Waals surface area contributed by atoms with Gasteiger partial charge in [0.2, 0.25) is 0 Å². The second-order valence-electron chi connectivity index (χ2n) is 2.68. The van der Waals surface area contributed by atoms with E-state index in [9.17, 15) is 4.39 Å². The minimum absolute atomic E-state index is 0.161. The Kier molecular flexibility index (Phi) is 2.89. The van der Waals surface area contributed by atoms with Gasteiger partial charge in [-0.1, -0.05) is 0 Å². The molecular weight excluding hydrogens is 237 g/mol. The molecule has 0 fully saturated rings. The van der Waals surface area contributed by atoms with Gasteiger partial charge in [-0.15, -0.1) is 0 Å². The maximum atomic E-state index is 13.1. The first-order valence-electron chi connectivity index (χ1n) is 3.63. The van der Waals surface area contributed by atoms with Crippen LogP contribution >= 0.6 is 15.9 Å². The minimum atomic E-state index is -0.560. The average molecular weight is 244 g/mol. The molecule has 0 amide bonds. The SMILES string of the molecule is CC(C#N)c1cc(Br)c(O)cc1F. The Morgan fingerprint density at radius 1 is 1.62 bits per heavy atom. The molecule has 4 heteroatoms. The number of nitrogens with zero attached hydrogens (tertiary/aromatic N) is 1. The van der Waals surface area contributed by atoms with Crippen molar-refractivity contribution in [3.63, 3.8) is 0 Å². The van der Waals surface area contributed by atoms with Crippen LogP contribution < -0.4 is 0 Å². The Hall–Kier alpha value is -1.08. The fourth-order valence-electron chi connectivity index (χ4n) is 0.953. The Labute approximate surface area is 83.7 Å². The Morgan fingerprint density at radius 3 is 2.77 bits per heavy atom. The largest absolute Gasteiger partial charge is 0.507 e. The number of halogens is 2. The van der Waals surface area contributed by atoms with Crippen molar-refractivity contribution in [2.24, 2.45) is 0 Å². The first-order chi connectivity index (χ1) is 6.06. The van der Waals surface area contributed by atoms with Gasteiger partial charge in [-0.3, -0.25) is 0 Å². The van der Waals surface area contributed by atoms with E-state index in [1.165, 1.54) is 6.07 Å². The van der Waals surface area contributed by atoms with Crippen molar-refractivity contribution in [3.05, 3.63) is 28.0 Å². The molecule has 1 aromatic rings. The molecule has 13 heavy (non-hydrogen) atoms. The number of hydrogen-bond donors (Lipinski definition) is 1. The Morgan fingerprint density at radius 2 is 2.23 bits per heavy atom. The second-order valence-corrected chi connectivity index (χ2v) is 3.53. The topological polar surface area (TPSA) is 44.0 Å². The predicted molar refractivity (Wildman–Crippen MR) is 49.8 cm³/mol. The zero-order valence-corrected chi connectivity index (χ0v) is 8.47. The van der Waals surface area contributed by atoms with Crippen LogP contribution in [0.2, 0.25) is 0 Å². The third-order valence-corrected chi connectivity index (χ3v) is 2.36. The van der Waals surface area contributed by atoms with Gasteiger partial charge in [-0.05, 0) is 28.9 Å². The average Bonchev–Trinajstić information content (AvgIpc) is 2.10. The molecule has 1 aromatic carbocycles. The molecule has 0 aliphatic heterocycles. The lowest BCUT2D eigenvalue weighted by Crippen LogP contribution is -1.94. The quantitative estimate of drug-likeness (QED) is 0.825. The summed E-state index contributed by atoms with van der Waals surface area (Å²) >= 11 is 3.05. The molecule has 0 aliphatic carbocycles. The van der Waals surface area contributed by atoms with Crippen molar-refractivity contribution in [1.82, 2.24) is 0 Å². The fourth-order valence-corrected chi connectivity index (χ4v) is 1.31. The summed E-state index contributed by atoms with van der Waals surface area (Å²) in [6.45, 7) is 1.60. The van der Waals surface area contributed by atoms with Crippen LogP contribution in [0.3, 0.4) is 0 Å². The van der Waals surface area contributed by atoms with E-state index in [2.05, 4.69) is 15.9 Å². The summed E-state index contributed by atoms with van der Waals surface area (Å²) < 4.78 is 13.5. The standard InChI is InChI=1S/C9H7BrFNO/c1-5(4-12)6-2-7(10)9(13)3-8(6)11/h2-3,5,13H,1H3. The predicted octanol–water partition coefficient (Wildman–Crippen LogP) is 2.92. The number of benzene rings is 1. The minimum Gasteiger partial charge on any atom is -0.507 e. The molecule has 0 spiro atoms. The molecule has 68 valence electrons. The highest BCUT2D eigenvalue weighted by atomic mass is 79.9. The van der Waals surface area contributed by atoms with Gasteiger partial charge in [0.1, 0.15) is 11.6 Å². The van der Waals surface area contributed by atoms with Crippen LogP contribution in [0.15, 0.2) is 16.6 Å². The van der Waals surface area contributed by atoms with Crippen LogP contribution in [-0.2, 0) is 0 Å². The zero-order chi connectivity index (χ0) is 10.0. The lowest BCUT2D eigenvalue weighted by atomic mass is 10.0. The lowest BCUT2D eigenvalue weighted by molar-refractivity contribution is 0.464. The number of rotatable bonds is 1. The van der Waals surface area contributed by atoms with E-state index in [1.807, 2.05) is 6.07 Å². The molecule has 0 bridgehead atoms. The summed E-state index contributed by atoms with van der Waals surface area (Å²) in [5.74, 6) is -1.24. The Balaban J connectivity index is 3.25. The van der Waals surface area contributed by atoms with Crippen molar-refractivity contribution in [3.8, 4) is 11.8 Å². The molecule has 2 nitrogen and oxygen atoms in total. The highest BCUT2D eigenvalue weighted by Crippen LogP contribution is 2.30. The molecular formula is C9H7BrFNO. The van der Waals surface area contributed by atoms with E-state index in [0.717, 1.165) is 6.07 Å². The summed E-state index contributed by atoms with van der Waals surface area (Å²) in [6.07, 6.45) is 0. The third kappa shape index (κ3) is 1.99. The zero-order valence-electron chi connectivity index (χ0n) is 6.88. The van der Waals surface area contributed by atoms with E-state index >= 15 is 0 Å². The number of aromatic hydroxyl groups is 1. The van der Waals surface area contributed by atoms with Gasteiger partial charge in [-0.2, -0.15) is 5.26 Å². The van der Waals surface area contributed by atoms with E-state index in [-0.39, 0.29) is 11.3 Å². The molecule has 0 heterocycles. The van der Waals surface area contributed by atoms with Crippen molar-refractivity contribution in [2.75, 3.05) is 0 Å². The molecule has 1 N–H and O–H groups in total. The fraction of sp³-hybridized carbons (Fsp3) is 0.222. The molecule has 0 aliphatic rings. The maximum absolute atomic E-state index is 13.1. The first-order valence-corrected chi connectivity index (χ1v) is 4.43. The van der Waals surface area contributed by atoms with Crippen LogP contribution in [-0.4, -0.2) is 5.11 Å². The van der Waals surface area contributed by atoms with Crippen molar-refractivity contribution in [1.29, 1.82) is 5.26 Å². The van der Waals surface area contributed by atoms with Gasteiger partial charge in [0.25, 0.3) is 0 Å². The normalized spacial score (nSPS) is 12.2. The molecule has 0 aromatic heterocycles. The molecule has 0 saturated carbocycles. The first kappa shape index (κ1) is 10.0. The number of phenolic OH excluding ortho intramolecular Hbond substituents is 1. The van der Waals surface area contributed by atoms with Crippen LogP contribution in [0.1, 0.15) is 18.4 Å². The summed E-state index contributed by atoms with van der Waals surface area (Å²) in [6, 6.07) is 4.33. The number of nitriles is 1. The van der Waals surface area contributed by atoms with Gasteiger partial charge in [-0.25, -0.2) is 4.39 Å². The summed E-state index contributed by atoms with van der Waals surface area (Å²) in [4.78, 5) is 0. The smallest absolute Gasteiger partial charge is 0.132 e. The summed E-state index contributed by atoms with van der Waals surface area (Å²) in [5, 5.41) is 17.7. The van der Waals surface area contributed by atoms with Gasteiger partial charge < -0.3 is 5.11 Å². The molecule has 1 unspecified atom stereocenters. The van der Waals surface area contributed by atoms with Crippen LogP contribution in [0.25, 0.3) is 0 Å². The number of hydrogen-bond acceptors (Lipinski definition) is 2. The Bertz CT molecular complexity index is 373. The van der Waals surface area contributed by atoms with Crippen molar-refractivity contribution in [2.45, 2.75) is 12.8 Å². The number of phenols is 1. The molecule has 1 rings (SSSR count). The molecule has 0 saturated heterocycles. The van der Waals surface area contributed by atoms with Crippen molar-refractivity contribution >= 4 is 15.9 Å². The van der Waals surface area contributed by atoms with E-state index < -0.39 is 11.7 Å². The maximum Gasteiger partial charge on any atom is 0.132 e. The summed E-state index contributed by atoms with van der Waals surface area (Å²) in [7, 11) is 0. The highest BCUT2D eigenvalue weighted by molar-refractivity contribution is 9.10. The van der Waals surface area contributed by atoms with Gasteiger partial charge in [0.15, 0.2) is 0 Å². The highest BCUT2D eigenvalue weighted by Gasteiger charge is 2.12. The van der Waals surface area contributed by atoms with Crippen molar-refractivity contribution < 1.29 is 9.50 Å². The second kappa shape index (κ2) is 3.75. The lowest BCUT2D eigenvalue weighted by Gasteiger charge is -2.06. The van der Waals surface area contributed by atoms with E-state index in [1.54, 1.807) is 6.92 Å². The summed E-state index contributed by atoms with van der Waals surface area (Å²) in [5.41, 5.74) is 0.284. The van der Waals surface area contributed by atoms with E-state index in [0.29, 0.717) is 4.47 Å². The van der Waals surface area contributed by atoms with Gasteiger partial charge in [0, 0.05) is 11.6 Å². The van der Waals surface area contributed by atoms with Crippen LogP contribution in [0, 0.1) is 17.1 Å². The van der Waals surface area contributed by atoms with Gasteiger partial charge in [0.05, 0.1) is 16.5 Å². The molecule has 0 radical (unpaired) electrons. The van der Waals surface area contributed by atoms with Gasteiger partial charge >= 0.3 is 0 Å². The van der Waals surface area contributed by atoms with E-state index in [4.69, 9.17) is 10.4 Å².